The van der Waals surface area contributed by atoms with Crippen molar-refractivity contribution in [2.75, 3.05) is 12.3 Å². The molecule has 0 fully saturated rings. The normalized spacial score (nSPS) is 9.82. The number of nitrogens with one attached hydrogen (secondary N) is 1. The van der Waals surface area contributed by atoms with E-state index >= 15 is 0 Å². The molecule has 2 rings (SSSR count). The second-order valence-corrected chi connectivity index (χ2v) is 5.49. The van der Waals surface area contributed by atoms with E-state index in [-0.39, 0.29) is 16.9 Å². The number of nitrogens with two attached hydrogens (primary N) is 1. The first kappa shape index (κ1) is 15.8. The maximum absolute atomic E-state index is 9.52. The standard InChI is InChI=1S/C16H13BrN4O/c1-2-7-22-16-13(9-19)14(12(8-18)15(20)21-16)10-3-5-11(17)6-4-10/h3-6H,2,7H2,1H3,(H2,20,21)/p+1. The molecule has 1 aromatic heterocycles. The number of ether oxygens (including phenoxy) is 1. The van der Waals surface area contributed by atoms with Gasteiger partial charge in [-0.3, -0.25) is 5.73 Å². The van der Waals surface area contributed by atoms with E-state index in [1.165, 1.54) is 0 Å². The summed E-state index contributed by atoms with van der Waals surface area (Å²) in [7, 11) is 0. The molecule has 0 aliphatic carbocycles. The van der Waals surface area contributed by atoms with E-state index in [9.17, 15) is 10.5 Å². The maximum Gasteiger partial charge on any atom is 0.301 e. The third-order valence-corrected chi connectivity index (χ3v) is 3.58. The number of rotatable bonds is 4. The number of hydrogen-bond acceptors (Lipinski definition) is 4. The zero-order valence-corrected chi connectivity index (χ0v) is 13.6. The van der Waals surface area contributed by atoms with E-state index in [1.54, 1.807) is 0 Å². The van der Waals surface area contributed by atoms with Crippen molar-refractivity contribution in [3.05, 3.63) is 39.9 Å². The van der Waals surface area contributed by atoms with Gasteiger partial charge in [-0.2, -0.15) is 10.5 Å². The molecule has 5 nitrogen and oxygen atoms in total. The summed E-state index contributed by atoms with van der Waals surface area (Å²) in [5.74, 6) is 0.476. The molecule has 0 bridgehead atoms. The minimum atomic E-state index is 0.186. The summed E-state index contributed by atoms with van der Waals surface area (Å²) < 4.78 is 6.48. The van der Waals surface area contributed by atoms with Crippen LogP contribution >= 0.6 is 15.9 Å². The van der Waals surface area contributed by atoms with E-state index < -0.39 is 0 Å². The predicted molar refractivity (Wildman–Crippen MR) is 85.8 cm³/mol. The van der Waals surface area contributed by atoms with Crippen molar-refractivity contribution in [3.8, 4) is 29.1 Å². The fraction of sp³-hybridized carbons (Fsp3) is 0.188. The van der Waals surface area contributed by atoms with Crippen molar-refractivity contribution >= 4 is 21.7 Å². The van der Waals surface area contributed by atoms with Crippen LogP contribution in [0.4, 0.5) is 5.82 Å². The zero-order chi connectivity index (χ0) is 16.1. The Morgan fingerprint density at radius 1 is 1.18 bits per heavy atom. The first-order valence-corrected chi connectivity index (χ1v) is 7.49. The van der Waals surface area contributed by atoms with Gasteiger partial charge in [0.1, 0.15) is 17.7 Å². The van der Waals surface area contributed by atoms with Gasteiger partial charge in [-0.15, -0.1) is 0 Å². The molecule has 0 aliphatic rings. The Morgan fingerprint density at radius 2 is 1.82 bits per heavy atom. The monoisotopic (exact) mass is 357 g/mol. The molecule has 0 saturated carbocycles. The number of nitrogens with zero attached hydrogens (tertiary/aromatic N) is 2. The molecule has 1 heterocycles. The van der Waals surface area contributed by atoms with Gasteiger partial charge in [-0.05, 0) is 24.1 Å². The van der Waals surface area contributed by atoms with E-state index in [1.807, 2.05) is 31.2 Å². The van der Waals surface area contributed by atoms with Gasteiger partial charge in [0.2, 0.25) is 0 Å². The van der Waals surface area contributed by atoms with Crippen LogP contribution in [-0.2, 0) is 0 Å². The van der Waals surface area contributed by atoms with E-state index in [0.717, 1.165) is 16.5 Å². The second kappa shape index (κ2) is 6.93. The number of nitriles is 2. The van der Waals surface area contributed by atoms with E-state index in [2.05, 4.69) is 33.1 Å². The van der Waals surface area contributed by atoms with Crippen molar-refractivity contribution in [1.29, 1.82) is 10.5 Å². The third kappa shape index (κ3) is 3.03. The maximum atomic E-state index is 9.52. The van der Waals surface area contributed by atoms with Crippen molar-refractivity contribution < 1.29 is 9.72 Å². The number of nitrogen functional groups attached to an aromatic ring is 1. The number of H-pyrrole nitrogens is 1. The summed E-state index contributed by atoms with van der Waals surface area (Å²) in [6.07, 6.45) is 0.798. The number of benzene rings is 1. The smallest absolute Gasteiger partial charge is 0.301 e. The quantitative estimate of drug-likeness (QED) is 0.908. The summed E-state index contributed by atoms with van der Waals surface area (Å²) in [4.78, 5) is 2.80. The highest BCUT2D eigenvalue weighted by Gasteiger charge is 2.24. The van der Waals surface area contributed by atoms with Gasteiger partial charge in [-0.1, -0.05) is 35.0 Å². The number of hydrogen-bond donors (Lipinski definition) is 1. The molecule has 2 aromatic rings. The highest BCUT2D eigenvalue weighted by molar-refractivity contribution is 9.10. The van der Waals surface area contributed by atoms with Crippen LogP contribution in [-0.4, -0.2) is 6.61 Å². The number of aromatic amines is 1. The van der Waals surface area contributed by atoms with Crippen molar-refractivity contribution in [2.45, 2.75) is 13.3 Å². The highest BCUT2D eigenvalue weighted by atomic mass is 79.9. The molecule has 0 aliphatic heterocycles. The van der Waals surface area contributed by atoms with Gasteiger partial charge in [0.15, 0.2) is 5.56 Å². The first-order valence-electron chi connectivity index (χ1n) is 6.70. The fourth-order valence-electron chi connectivity index (χ4n) is 2.06. The summed E-state index contributed by atoms with van der Waals surface area (Å²) >= 11 is 3.37. The zero-order valence-electron chi connectivity index (χ0n) is 12.0. The lowest BCUT2D eigenvalue weighted by atomic mass is 9.96. The molecule has 0 atom stereocenters. The molecule has 0 radical (unpaired) electrons. The van der Waals surface area contributed by atoms with Gasteiger partial charge in [-0.25, -0.2) is 4.98 Å². The van der Waals surface area contributed by atoms with Crippen LogP contribution in [0.15, 0.2) is 28.7 Å². The molecule has 3 N–H and O–H groups in total. The average Bonchev–Trinajstić information content (AvgIpc) is 2.53. The molecule has 0 amide bonds. The minimum Gasteiger partial charge on any atom is -0.461 e. The Labute approximate surface area is 137 Å². The van der Waals surface area contributed by atoms with Gasteiger partial charge in [0, 0.05) is 10.0 Å². The summed E-state index contributed by atoms with van der Waals surface area (Å²) in [6, 6.07) is 11.5. The Balaban J connectivity index is 2.73. The van der Waals surface area contributed by atoms with Gasteiger partial charge in [0.25, 0.3) is 5.82 Å². The lowest BCUT2D eigenvalue weighted by Gasteiger charge is -2.10. The Kier molecular flexibility index (Phi) is 4.98. The molecule has 6 heteroatoms. The Hall–Kier alpha value is -2.57. The topological polar surface area (TPSA) is 97.0 Å². The lowest BCUT2D eigenvalue weighted by Crippen LogP contribution is -2.20. The Bertz CT molecular complexity index is 773. The molecule has 0 saturated heterocycles. The van der Waals surface area contributed by atoms with Crippen LogP contribution < -0.4 is 15.5 Å². The Morgan fingerprint density at radius 3 is 2.36 bits per heavy atom. The molecule has 0 spiro atoms. The highest BCUT2D eigenvalue weighted by Crippen LogP contribution is 2.33. The van der Waals surface area contributed by atoms with Gasteiger partial charge >= 0.3 is 5.88 Å². The molecular formula is C16H14BrN4O+. The first-order chi connectivity index (χ1) is 10.6. The van der Waals surface area contributed by atoms with Crippen LogP contribution in [0.5, 0.6) is 5.88 Å². The van der Waals surface area contributed by atoms with Crippen molar-refractivity contribution in [1.82, 2.24) is 0 Å². The van der Waals surface area contributed by atoms with Crippen LogP contribution in [0.25, 0.3) is 11.1 Å². The number of aromatic nitrogens is 1. The summed E-state index contributed by atoms with van der Waals surface area (Å²) in [5.41, 5.74) is 7.66. The number of anilines is 1. The largest absolute Gasteiger partial charge is 0.461 e. The number of pyridine rings is 1. The number of halogens is 1. The minimum absolute atomic E-state index is 0.186. The third-order valence-electron chi connectivity index (χ3n) is 3.05. The van der Waals surface area contributed by atoms with E-state index in [4.69, 9.17) is 10.5 Å². The second-order valence-electron chi connectivity index (χ2n) is 4.57. The fourth-order valence-corrected chi connectivity index (χ4v) is 2.33. The molecule has 22 heavy (non-hydrogen) atoms. The van der Waals surface area contributed by atoms with Gasteiger partial charge < -0.3 is 4.74 Å². The summed E-state index contributed by atoms with van der Waals surface area (Å²) in [6.45, 7) is 2.42. The predicted octanol–water partition coefficient (Wildman–Crippen LogP) is 3.04. The van der Waals surface area contributed by atoms with Crippen LogP contribution in [0.3, 0.4) is 0 Å². The van der Waals surface area contributed by atoms with Crippen molar-refractivity contribution in [2.24, 2.45) is 0 Å². The molecule has 0 unspecified atom stereocenters. The van der Waals surface area contributed by atoms with Crippen LogP contribution in [0.2, 0.25) is 0 Å². The average molecular weight is 358 g/mol. The van der Waals surface area contributed by atoms with E-state index in [0.29, 0.717) is 18.1 Å². The van der Waals surface area contributed by atoms with Crippen LogP contribution in [0.1, 0.15) is 24.5 Å². The molecule has 110 valence electrons. The summed E-state index contributed by atoms with van der Waals surface area (Å²) in [5, 5.41) is 18.9. The molecule has 1 aromatic carbocycles. The van der Waals surface area contributed by atoms with Crippen molar-refractivity contribution in [3.63, 3.8) is 0 Å². The van der Waals surface area contributed by atoms with Gasteiger partial charge in [0.05, 0.1) is 6.61 Å². The molecular weight excluding hydrogens is 344 g/mol. The van der Waals surface area contributed by atoms with Crippen LogP contribution in [0, 0.1) is 22.7 Å². The lowest BCUT2D eigenvalue weighted by molar-refractivity contribution is -0.378. The SMILES string of the molecule is CCCOc1[nH+]c(N)c(C#N)c(-c2ccc(Br)cc2)c1C#N.